The van der Waals surface area contributed by atoms with Crippen molar-refractivity contribution in [2.24, 2.45) is 0 Å². The number of hydrogen-bond acceptors (Lipinski definition) is 6. The zero-order valence-corrected chi connectivity index (χ0v) is 16.3. The predicted molar refractivity (Wildman–Crippen MR) is 109 cm³/mol. The summed E-state index contributed by atoms with van der Waals surface area (Å²) in [5.74, 6) is 0.947. The molecule has 0 aliphatic heterocycles. The average molecular weight is 375 g/mol. The van der Waals surface area contributed by atoms with Gasteiger partial charge in [-0.1, -0.05) is 11.2 Å². The second-order valence-electron chi connectivity index (χ2n) is 6.82. The van der Waals surface area contributed by atoms with E-state index in [1.54, 1.807) is 11.5 Å². The fourth-order valence-corrected chi connectivity index (χ4v) is 3.20. The van der Waals surface area contributed by atoms with Gasteiger partial charge in [-0.25, -0.2) is 4.98 Å². The molecule has 142 valence electrons. The maximum absolute atomic E-state index is 12.3. The van der Waals surface area contributed by atoms with Crippen LogP contribution in [0.1, 0.15) is 12.6 Å². The molecule has 7 nitrogen and oxygen atoms in total. The van der Waals surface area contributed by atoms with Gasteiger partial charge in [0.1, 0.15) is 5.69 Å². The molecule has 0 unspecified atom stereocenters. The zero-order valence-electron chi connectivity index (χ0n) is 16.3. The Balaban J connectivity index is 1.77. The van der Waals surface area contributed by atoms with Gasteiger partial charge in [0.2, 0.25) is 5.82 Å². The van der Waals surface area contributed by atoms with Crippen LogP contribution < -0.4 is 10.5 Å². The average Bonchev–Trinajstić information content (AvgIpc) is 3.19. The molecule has 0 saturated carbocycles. The summed E-state index contributed by atoms with van der Waals surface area (Å²) in [7, 11) is 3.97. The zero-order chi connectivity index (χ0) is 19.8. The van der Waals surface area contributed by atoms with Crippen LogP contribution in [0.3, 0.4) is 0 Å². The number of nitrogens with zero attached hydrogens (tertiary/aromatic N) is 5. The molecule has 4 aromatic rings. The minimum Gasteiger partial charge on any atom is -0.378 e. The summed E-state index contributed by atoms with van der Waals surface area (Å²) in [6.07, 6.45) is 0. The van der Waals surface area contributed by atoms with E-state index in [0.29, 0.717) is 24.0 Å². The van der Waals surface area contributed by atoms with Crippen molar-refractivity contribution in [3.05, 3.63) is 58.5 Å². The van der Waals surface area contributed by atoms with Gasteiger partial charge in [0.05, 0.1) is 11.0 Å². The molecule has 0 fully saturated rings. The van der Waals surface area contributed by atoms with Crippen molar-refractivity contribution in [2.45, 2.75) is 20.4 Å². The third kappa shape index (κ3) is 3.05. The Morgan fingerprint density at radius 1 is 1.07 bits per heavy atom. The summed E-state index contributed by atoms with van der Waals surface area (Å²) in [5.41, 5.74) is 4.65. The number of aryl methyl sites for hydroxylation is 2. The summed E-state index contributed by atoms with van der Waals surface area (Å²) in [5, 5.41) is 4.13. The van der Waals surface area contributed by atoms with E-state index >= 15 is 0 Å². The highest BCUT2D eigenvalue weighted by Gasteiger charge is 2.14. The molecule has 7 heteroatoms. The molecule has 4 rings (SSSR count). The van der Waals surface area contributed by atoms with Crippen LogP contribution in [0, 0.1) is 6.92 Å². The van der Waals surface area contributed by atoms with E-state index in [9.17, 15) is 4.79 Å². The minimum atomic E-state index is -0.0645. The van der Waals surface area contributed by atoms with E-state index in [2.05, 4.69) is 15.1 Å². The van der Waals surface area contributed by atoms with E-state index in [-0.39, 0.29) is 5.56 Å². The lowest BCUT2D eigenvalue weighted by Gasteiger charge is -2.12. The van der Waals surface area contributed by atoms with Crippen molar-refractivity contribution in [3.63, 3.8) is 0 Å². The van der Waals surface area contributed by atoms with Crippen LogP contribution >= 0.6 is 0 Å². The Morgan fingerprint density at radius 2 is 1.89 bits per heavy atom. The van der Waals surface area contributed by atoms with Gasteiger partial charge in [-0.05, 0) is 50.2 Å². The smallest absolute Gasteiger partial charge is 0.272 e. The highest BCUT2D eigenvalue weighted by molar-refractivity contribution is 5.80. The van der Waals surface area contributed by atoms with E-state index in [4.69, 9.17) is 4.52 Å². The highest BCUT2D eigenvalue weighted by Crippen LogP contribution is 2.26. The van der Waals surface area contributed by atoms with Crippen LogP contribution in [0.25, 0.3) is 33.9 Å². The third-order valence-corrected chi connectivity index (χ3v) is 4.72. The van der Waals surface area contributed by atoms with E-state index in [1.807, 2.05) is 68.4 Å². The normalized spacial score (nSPS) is 11.1. The van der Waals surface area contributed by atoms with Crippen molar-refractivity contribution < 1.29 is 4.52 Å². The lowest BCUT2D eigenvalue weighted by atomic mass is 10.1. The number of fused-ring (bicyclic) bond motifs is 1. The van der Waals surface area contributed by atoms with E-state index < -0.39 is 0 Å². The highest BCUT2D eigenvalue weighted by atomic mass is 16.5. The van der Waals surface area contributed by atoms with Gasteiger partial charge in [-0.3, -0.25) is 4.79 Å². The topological polar surface area (TPSA) is 77.0 Å². The molecule has 0 N–H and O–H groups in total. The Bertz CT molecular complexity index is 1220. The van der Waals surface area contributed by atoms with Gasteiger partial charge in [-0.15, -0.1) is 0 Å². The predicted octanol–water partition coefficient (Wildman–Crippen LogP) is 3.51. The molecule has 0 saturated heterocycles. The number of hydrogen-bond donors (Lipinski definition) is 0. The third-order valence-electron chi connectivity index (χ3n) is 4.72. The first kappa shape index (κ1) is 17.9. The van der Waals surface area contributed by atoms with E-state index in [1.165, 1.54) is 0 Å². The van der Waals surface area contributed by atoms with Crippen LogP contribution in [0.5, 0.6) is 0 Å². The Kier molecular flexibility index (Phi) is 4.43. The fraction of sp³-hybridized carbons (Fsp3) is 0.238. The SMILES string of the molecule is CCn1c(=O)c(C)nc2cc(-c3noc(-c4cccc(N(C)C)c4)n3)ccc21. The molecule has 0 aliphatic carbocycles. The lowest BCUT2D eigenvalue weighted by molar-refractivity contribution is 0.432. The van der Waals surface area contributed by atoms with Crippen molar-refractivity contribution in [3.8, 4) is 22.8 Å². The van der Waals surface area contributed by atoms with Gasteiger partial charge < -0.3 is 14.0 Å². The van der Waals surface area contributed by atoms with Crippen molar-refractivity contribution in [1.82, 2.24) is 19.7 Å². The first-order chi connectivity index (χ1) is 13.5. The quantitative estimate of drug-likeness (QED) is 0.543. The van der Waals surface area contributed by atoms with Crippen LogP contribution in [-0.2, 0) is 6.54 Å². The molecule has 0 radical (unpaired) electrons. The summed E-state index contributed by atoms with van der Waals surface area (Å²) in [6, 6.07) is 13.6. The monoisotopic (exact) mass is 375 g/mol. The maximum Gasteiger partial charge on any atom is 0.272 e. The summed E-state index contributed by atoms with van der Waals surface area (Å²) < 4.78 is 7.20. The number of benzene rings is 2. The van der Waals surface area contributed by atoms with Crippen LogP contribution in [0.2, 0.25) is 0 Å². The number of anilines is 1. The van der Waals surface area contributed by atoms with Crippen molar-refractivity contribution >= 4 is 16.7 Å². The second-order valence-corrected chi connectivity index (χ2v) is 6.82. The van der Waals surface area contributed by atoms with Crippen molar-refractivity contribution in [1.29, 1.82) is 0 Å². The fourth-order valence-electron chi connectivity index (χ4n) is 3.20. The summed E-state index contributed by atoms with van der Waals surface area (Å²) >= 11 is 0. The van der Waals surface area contributed by atoms with Gasteiger partial charge in [0.25, 0.3) is 11.4 Å². The molecular formula is C21H21N5O2. The van der Waals surface area contributed by atoms with E-state index in [0.717, 1.165) is 27.8 Å². The first-order valence-electron chi connectivity index (χ1n) is 9.11. The molecule has 0 bridgehead atoms. The minimum absolute atomic E-state index is 0.0645. The second kappa shape index (κ2) is 6.92. The molecule has 2 aromatic heterocycles. The van der Waals surface area contributed by atoms with Gasteiger partial charge >= 0.3 is 0 Å². The number of aromatic nitrogens is 4. The largest absolute Gasteiger partial charge is 0.378 e. The molecule has 0 aliphatic rings. The Morgan fingerprint density at radius 3 is 2.64 bits per heavy atom. The molecule has 0 amide bonds. The molecule has 28 heavy (non-hydrogen) atoms. The standard InChI is InChI=1S/C21H21N5O2/c1-5-26-18-10-9-14(12-17(18)22-13(2)21(26)27)19-23-20(28-24-19)15-7-6-8-16(11-15)25(3)4/h6-12H,5H2,1-4H3. The van der Waals surface area contributed by atoms with Gasteiger partial charge in [0, 0.05) is 37.5 Å². The van der Waals surface area contributed by atoms with Gasteiger partial charge in [-0.2, -0.15) is 4.98 Å². The van der Waals surface area contributed by atoms with Crippen LogP contribution in [-0.4, -0.2) is 33.8 Å². The van der Waals surface area contributed by atoms with Crippen LogP contribution in [0.15, 0.2) is 51.8 Å². The lowest BCUT2D eigenvalue weighted by Crippen LogP contribution is -2.23. The van der Waals surface area contributed by atoms with Crippen LogP contribution in [0.4, 0.5) is 5.69 Å². The molecular weight excluding hydrogens is 354 g/mol. The maximum atomic E-state index is 12.3. The van der Waals surface area contributed by atoms with Crippen molar-refractivity contribution in [2.75, 3.05) is 19.0 Å². The Labute approximate surface area is 162 Å². The molecule has 0 spiro atoms. The van der Waals surface area contributed by atoms with Gasteiger partial charge in [0.15, 0.2) is 0 Å². The molecule has 2 aromatic carbocycles. The summed E-state index contributed by atoms with van der Waals surface area (Å²) in [4.78, 5) is 23.3. The molecule has 2 heterocycles. The first-order valence-corrected chi connectivity index (χ1v) is 9.11. The Hall–Kier alpha value is -3.48. The number of rotatable bonds is 4. The molecule has 0 atom stereocenters. The summed E-state index contributed by atoms with van der Waals surface area (Å²) in [6.45, 7) is 4.26.